The van der Waals surface area contributed by atoms with Gasteiger partial charge in [-0.2, -0.15) is 0 Å². The maximum atomic E-state index is 12.0. The Kier molecular flexibility index (Phi) is 5.28. The van der Waals surface area contributed by atoms with Crippen molar-refractivity contribution in [3.05, 3.63) is 27.7 Å². The summed E-state index contributed by atoms with van der Waals surface area (Å²) in [6, 6.07) is 2.57. The molecule has 0 atom stereocenters. The van der Waals surface area contributed by atoms with E-state index < -0.39 is 27.9 Å². The Bertz CT molecular complexity index is 607. The maximum absolute atomic E-state index is 12.0. The van der Waals surface area contributed by atoms with E-state index in [1.54, 1.807) is 0 Å². The van der Waals surface area contributed by atoms with E-state index in [-0.39, 0.29) is 16.0 Å². The van der Waals surface area contributed by atoms with Gasteiger partial charge in [0.05, 0.1) is 11.4 Å². The molecule has 4 nitrogen and oxygen atoms in total. The quantitative estimate of drug-likeness (QED) is 0.822. The standard InChI is InChI=1S/C10H9BrClF2NO3S/c1-5-7(10(16)15-4-9(13)14)2-6(11)3-8(5)19(12,17)18/h2-3,9H,4H2,1H3,(H,15,16). The first kappa shape index (κ1) is 16.3. The fourth-order valence-corrected chi connectivity index (χ4v) is 3.24. The number of rotatable bonds is 4. The van der Waals surface area contributed by atoms with Crippen molar-refractivity contribution >= 4 is 41.6 Å². The lowest BCUT2D eigenvalue weighted by molar-refractivity contribution is 0.0891. The average Bonchev–Trinajstić information content (AvgIpc) is 2.27. The van der Waals surface area contributed by atoms with Crippen molar-refractivity contribution in [2.45, 2.75) is 18.2 Å². The highest BCUT2D eigenvalue weighted by atomic mass is 79.9. The number of hydrogen-bond donors (Lipinski definition) is 1. The minimum absolute atomic E-state index is 0.0331. The van der Waals surface area contributed by atoms with Crippen LogP contribution < -0.4 is 5.32 Å². The molecule has 1 rings (SSSR count). The highest BCUT2D eigenvalue weighted by molar-refractivity contribution is 9.10. The summed E-state index contributed by atoms with van der Waals surface area (Å²) >= 11 is 3.04. The molecular formula is C10H9BrClF2NO3S. The van der Waals surface area contributed by atoms with E-state index in [2.05, 4.69) is 15.9 Å². The molecule has 1 aromatic carbocycles. The summed E-state index contributed by atoms with van der Waals surface area (Å²) in [5.41, 5.74) is 0.0687. The third-order valence-electron chi connectivity index (χ3n) is 2.25. The summed E-state index contributed by atoms with van der Waals surface area (Å²) in [6.07, 6.45) is -2.69. The molecule has 0 saturated heterocycles. The summed E-state index contributed by atoms with van der Waals surface area (Å²) in [4.78, 5) is 11.5. The molecule has 0 aromatic heterocycles. The second kappa shape index (κ2) is 6.15. The van der Waals surface area contributed by atoms with Gasteiger partial charge >= 0.3 is 0 Å². The Labute approximate surface area is 121 Å². The molecule has 1 aromatic rings. The van der Waals surface area contributed by atoms with Crippen LogP contribution in [0.1, 0.15) is 15.9 Å². The summed E-state index contributed by atoms with van der Waals surface area (Å²) in [5.74, 6) is -0.791. The lowest BCUT2D eigenvalue weighted by Gasteiger charge is -2.10. The van der Waals surface area contributed by atoms with Crippen LogP contribution in [-0.4, -0.2) is 27.3 Å². The minimum Gasteiger partial charge on any atom is -0.346 e. The number of halogens is 4. The number of amides is 1. The van der Waals surface area contributed by atoms with Crippen molar-refractivity contribution in [2.75, 3.05) is 6.54 Å². The molecule has 0 bridgehead atoms. The highest BCUT2D eigenvalue weighted by Gasteiger charge is 2.20. The van der Waals surface area contributed by atoms with E-state index in [4.69, 9.17) is 10.7 Å². The number of carbonyl (C=O) groups is 1. The van der Waals surface area contributed by atoms with Gasteiger partial charge in [0.25, 0.3) is 21.4 Å². The second-order valence-corrected chi connectivity index (χ2v) is 7.07. The average molecular weight is 377 g/mol. The summed E-state index contributed by atoms with van der Waals surface area (Å²) in [6.45, 7) is 0.562. The van der Waals surface area contributed by atoms with E-state index in [0.29, 0.717) is 4.47 Å². The van der Waals surface area contributed by atoms with Gasteiger partial charge in [-0.15, -0.1) is 0 Å². The van der Waals surface area contributed by atoms with Crippen LogP contribution in [0, 0.1) is 6.92 Å². The molecule has 0 aliphatic rings. The van der Waals surface area contributed by atoms with Gasteiger partial charge < -0.3 is 5.32 Å². The minimum atomic E-state index is -4.03. The predicted octanol–water partition coefficient (Wildman–Crippen LogP) is 2.68. The molecule has 9 heteroatoms. The van der Waals surface area contributed by atoms with Crippen LogP contribution in [-0.2, 0) is 9.05 Å². The molecule has 0 radical (unpaired) electrons. The molecule has 0 unspecified atom stereocenters. The normalized spacial score (nSPS) is 11.7. The lowest BCUT2D eigenvalue weighted by atomic mass is 10.1. The smallest absolute Gasteiger partial charge is 0.261 e. The van der Waals surface area contributed by atoms with Crippen LogP contribution in [0.5, 0.6) is 0 Å². The van der Waals surface area contributed by atoms with Crippen molar-refractivity contribution in [3.8, 4) is 0 Å². The number of alkyl halides is 2. The molecule has 1 N–H and O–H groups in total. The first-order chi connectivity index (χ1) is 8.62. The van der Waals surface area contributed by atoms with E-state index in [9.17, 15) is 22.0 Å². The Morgan fingerprint density at radius 1 is 1.47 bits per heavy atom. The summed E-state index contributed by atoms with van der Waals surface area (Å²) in [5, 5.41) is 2.00. The van der Waals surface area contributed by atoms with Crippen molar-refractivity contribution < 1.29 is 22.0 Å². The zero-order valence-electron chi connectivity index (χ0n) is 9.58. The third kappa shape index (κ3) is 4.39. The van der Waals surface area contributed by atoms with Gasteiger partial charge in [0, 0.05) is 20.7 Å². The molecule has 0 aliphatic carbocycles. The molecule has 0 heterocycles. The van der Waals surface area contributed by atoms with Crippen LogP contribution in [0.4, 0.5) is 8.78 Å². The van der Waals surface area contributed by atoms with E-state index in [1.807, 2.05) is 5.32 Å². The van der Waals surface area contributed by atoms with Gasteiger partial charge in [-0.25, -0.2) is 17.2 Å². The van der Waals surface area contributed by atoms with Crippen LogP contribution >= 0.6 is 26.6 Å². The van der Waals surface area contributed by atoms with Crippen molar-refractivity contribution in [1.82, 2.24) is 5.32 Å². The van der Waals surface area contributed by atoms with Crippen molar-refractivity contribution in [1.29, 1.82) is 0 Å². The summed E-state index contributed by atoms with van der Waals surface area (Å²) < 4.78 is 47.0. The third-order valence-corrected chi connectivity index (χ3v) is 4.15. The number of nitrogens with one attached hydrogen (secondary N) is 1. The largest absolute Gasteiger partial charge is 0.346 e. The maximum Gasteiger partial charge on any atom is 0.261 e. The van der Waals surface area contributed by atoms with Crippen LogP contribution in [0.15, 0.2) is 21.5 Å². The van der Waals surface area contributed by atoms with E-state index >= 15 is 0 Å². The SMILES string of the molecule is Cc1c(C(=O)NCC(F)F)cc(Br)cc1S(=O)(=O)Cl. The first-order valence-electron chi connectivity index (χ1n) is 4.94. The van der Waals surface area contributed by atoms with Crippen LogP contribution in [0.25, 0.3) is 0 Å². The van der Waals surface area contributed by atoms with Gasteiger partial charge in [-0.05, 0) is 24.6 Å². The lowest BCUT2D eigenvalue weighted by Crippen LogP contribution is -2.29. The second-order valence-electron chi connectivity index (χ2n) is 3.62. The Balaban J connectivity index is 3.22. The highest BCUT2D eigenvalue weighted by Crippen LogP contribution is 2.27. The van der Waals surface area contributed by atoms with Crippen molar-refractivity contribution in [2.24, 2.45) is 0 Å². The zero-order chi connectivity index (χ0) is 14.8. The van der Waals surface area contributed by atoms with Gasteiger partial charge in [-0.3, -0.25) is 4.79 Å². The van der Waals surface area contributed by atoms with Crippen LogP contribution in [0.2, 0.25) is 0 Å². The Morgan fingerprint density at radius 2 is 2.05 bits per heavy atom. The Morgan fingerprint density at radius 3 is 2.53 bits per heavy atom. The topological polar surface area (TPSA) is 63.2 Å². The molecule has 0 saturated carbocycles. The molecular weight excluding hydrogens is 368 g/mol. The van der Waals surface area contributed by atoms with E-state index in [0.717, 1.165) is 0 Å². The Hall–Kier alpha value is -0.730. The van der Waals surface area contributed by atoms with Crippen LogP contribution in [0.3, 0.4) is 0 Å². The molecule has 1 amide bonds. The van der Waals surface area contributed by atoms with Crippen molar-refractivity contribution in [3.63, 3.8) is 0 Å². The predicted molar refractivity (Wildman–Crippen MR) is 70.3 cm³/mol. The van der Waals surface area contributed by atoms with Gasteiger partial charge in [0.2, 0.25) is 0 Å². The van der Waals surface area contributed by atoms with Gasteiger partial charge in [-0.1, -0.05) is 15.9 Å². The molecule has 106 valence electrons. The van der Waals surface area contributed by atoms with Gasteiger partial charge in [0.15, 0.2) is 0 Å². The molecule has 0 spiro atoms. The summed E-state index contributed by atoms with van der Waals surface area (Å²) in [7, 11) is 1.21. The number of hydrogen-bond acceptors (Lipinski definition) is 3. The number of benzene rings is 1. The number of carbonyl (C=O) groups excluding carboxylic acids is 1. The monoisotopic (exact) mass is 375 g/mol. The molecule has 0 fully saturated rings. The zero-order valence-corrected chi connectivity index (χ0v) is 12.7. The molecule has 0 aliphatic heterocycles. The van der Waals surface area contributed by atoms with E-state index in [1.165, 1.54) is 19.1 Å². The first-order valence-corrected chi connectivity index (χ1v) is 8.04. The fourth-order valence-electron chi connectivity index (χ4n) is 1.41. The van der Waals surface area contributed by atoms with Gasteiger partial charge in [0.1, 0.15) is 0 Å². The fraction of sp³-hybridized carbons (Fsp3) is 0.300. The molecule has 19 heavy (non-hydrogen) atoms.